The lowest BCUT2D eigenvalue weighted by molar-refractivity contribution is 0.166. The second-order valence-corrected chi connectivity index (χ2v) is 9.30. The van der Waals surface area contributed by atoms with Crippen LogP contribution in [0.3, 0.4) is 0 Å². The Bertz CT molecular complexity index is 806. The third kappa shape index (κ3) is 3.29. The summed E-state index contributed by atoms with van der Waals surface area (Å²) >= 11 is 1.76. The summed E-state index contributed by atoms with van der Waals surface area (Å²) in [5.41, 5.74) is 2.41. The summed E-state index contributed by atoms with van der Waals surface area (Å²) in [6.45, 7) is 5.04. The molecule has 1 aromatic rings. The van der Waals surface area contributed by atoms with E-state index >= 15 is 0 Å². The van der Waals surface area contributed by atoms with Crippen molar-refractivity contribution in [3.8, 4) is 0 Å². The number of thiophene rings is 1. The highest BCUT2D eigenvalue weighted by Crippen LogP contribution is 2.42. The molecule has 1 fully saturated rings. The maximum Gasteiger partial charge on any atom is 0.212 e. The van der Waals surface area contributed by atoms with E-state index in [1.54, 1.807) is 11.3 Å². The fourth-order valence-corrected chi connectivity index (χ4v) is 5.02. The van der Waals surface area contributed by atoms with Crippen molar-refractivity contribution in [1.29, 1.82) is 0 Å². The van der Waals surface area contributed by atoms with E-state index in [-0.39, 0.29) is 5.75 Å². The van der Waals surface area contributed by atoms with Crippen molar-refractivity contribution in [3.05, 3.63) is 35.1 Å². The average molecular weight is 382 g/mol. The minimum atomic E-state index is -3.13. The summed E-state index contributed by atoms with van der Waals surface area (Å²) in [5.74, 6) is 1.33. The first-order valence-electron chi connectivity index (χ1n) is 8.49. The van der Waals surface area contributed by atoms with E-state index in [1.807, 2.05) is 0 Å². The molecule has 7 nitrogen and oxygen atoms in total. The van der Waals surface area contributed by atoms with Gasteiger partial charge in [0.25, 0.3) is 0 Å². The van der Waals surface area contributed by atoms with Crippen LogP contribution >= 0.6 is 11.3 Å². The van der Waals surface area contributed by atoms with Crippen molar-refractivity contribution in [1.82, 2.24) is 14.5 Å². The van der Waals surface area contributed by atoms with E-state index in [0.29, 0.717) is 6.54 Å². The largest absolute Gasteiger partial charge is 0.354 e. The van der Waals surface area contributed by atoms with Gasteiger partial charge in [-0.25, -0.2) is 13.1 Å². The molecule has 25 heavy (non-hydrogen) atoms. The number of hydrogen-bond donors (Lipinski definition) is 2. The molecule has 4 heterocycles. The van der Waals surface area contributed by atoms with E-state index in [1.165, 1.54) is 29.3 Å². The molecule has 9 heteroatoms. The molecule has 136 valence electrons. The van der Waals surface area contributed by atoms with E-state index in [4.69, 9.17) is 0 Å². The third-order valence-corrected chi connectivity index (χ3v) is 7.19. The van der Waals surface area contributed by atoms with Crippen LogP contribution in [0.2, 0.25) is 0 Å². The van der Waals surface area contributed by atoms with Crippen molar-refractivity contribution in [2.45, 2.75) is 0 Å². The molecular formula is C16H23N5O2S2. The van der Waals surface area contributed by atoms with Gasteiger partial charge >= 0.3 is 0 Å². The first-order valence-corrected chi connectivity index (χ1v) is 11.0. The zero-order valence-electron chi connectivity index (χ0n) is 14.2. The van der Waals surface area contributed by atoms with Gasteiger partial charge in [0, 0.05) is 39.3 Å². The van der Waals surface area contributed by atoms with Crippen molar-refractivity contribution in [2.24, 2.45) is 0 Å². The van der Waals surface area contributed by atoms with Crippen LogP contribution in [0.15, 0.2) is 35.1 Å². The maximum absolute atomic E-state index is 11.6. The standard InChI is InChI=1S/C16H23N5O2S2/c1-17-25(22,23)12-10-19-6-8-20(9-7-19)15-14-3-2-5-21(14)16-13(18-15)4-11-24-16/h2-4,11,17-18H,5-10,12H2,1H3. The van der Waals surface area contributed by atoms with Crippen LogP contribution in [-0.2, 0) is 10.0 Å². The molecule has 0 atom stereocenters. The first kappa shape index (κ1) is 16.9. The number of fused-ring (bicyclic) bond motifs is 3. The number of piperazine rings is 1. The number of sulfonamides is 1. The quantitative estimate of drug-likeness (QED) is 0.790. The van der Waals surface area contributed by atoms with Gasteiger partial charge in [0.1, 0.15) is 10.8 Å². The van der Waals surface area contributed by atoms with E-state index in [9.17, 15) is 8.42 Å². The Labute approximate surface area is 152 Å². The van der Waals surface area contributed by atoms with Crippen LogP contribution in [0.25, 0.3) is 0 Å². The molecule has 0 radical (unpaired) electrons. The highest BCUT2D eigenvalue weighted by molar-refractivity contribution is 7.89. The van der Waals surface area contributed by atoms with Crippen LogP contribution in [0.1, 0.15) is 0 Å². The summed E-state index contributed by atoms with van der Waals surface area (Å²) in [6.07, 6.45) is 4.39. The Hall–Kier alpha value is -1.55. The van der Waals surface area contributed by atoms with Gasteiger partial charge in [0.05, 0.1) is 17.1 Å². The van der Waals surface area contributed by atoms with Crippen LogP contribution in [0.4, 0.5) is 10.7 Å². The predicted octanol–water partition coefficient (Wildman–Crippen LogP) is 0.886. The number of rotatable bonds is 5. The van der Waals surface area contributed by atoms with E-state index < -0.39 is 10.0 Å². The van der Waals surface area contributed by atoms with Crippen LogP contribution in [0.5, 0.6) is 0 Å². The van der Waals surface area contributed by atoms with Crippen LogP contribution in [-0.4, -0.2) is 70.3 Å². The lowest BCUT2D eigenvalue weighted by Gasteiger charge is -2.40. The Balaban J connectivity index is 1.42. The van der Waals surface area contributed by atoms with Gasteiger partial charge in [-0.1, -0.05) is 6.08 Å². The molecule has 0 amide bonds. The number of hydrogen-bond acceptors (Lipinski definition) is 7. The molecule has 0 saturated carbocycles. The van der Waals surface area contributed by atoms with Crippen molar-refractivity contribution >= 4 is 32.0 Å². The first-order chi connectivity index (χ1) is 12.1. The van der Waals surface area contributed by atoms with Gasteiger partial charge < -0.3 is 15.1 Å². The number of anilines is 2. The molecule has 0 aliphatic carbocycles. The lowest BCUT2D eigenvalue weighted by atomic mass is 10.2. The monoisotopic (exact) mass is 381 g/mol. The molecule has 0 bridgehead atoms. The summed E-state index contributed by atoms with van der Waals surface area (Å²) < 4.78 is 25.6. The summed E-state index contributed by atoms with van der Waals surface area (Å²) in [7, 11) is -1.67. The zero-order valence-corrected chi connectivity index (χ0v) is 15.9. The Morgan fingerprint density at radius 2 is 2.08 bits per heavy atom. The highest BCUT2D eigenvalue weighted by Gasteiger charge is 2.31. The predicted molar refractivity (Wildman–Crippen MR) is 102 cm³/mol. The third-order valence-electron chi connectivity index (χ3n) is 4.92. The maximum atomic E-state index is 11.6. The summed E-state index contributed by atoms with van der Waals surface area (Å²) in [5, 5.41) is 7.00. The zero-order chi connectivity index (χ0) is 17.4. The Morgan fingerprint density at radius 3 is 2.84 bits per heavy atom. The topological polar surface area (TPSA) is 67.9 Å². The van der Waals surface area contributed by atoms with Crippen molar-refractivity contribution in [3.63, 3.8) is 0 Å². The Morgan fingerprint density at radius 1 is 1.28 bits per heavy atom. The van der Waals surface area contributed by atoms with E-state index in [2.05, 4.69) is 48.3 Å². The molecule has 0 unspecified atom stereocenters. The van der Waals surface area contributed by atoms with Gasteiger partial charge in [0.15, 0.2) is 0 Å². The smallest absolute Gasteiger partial charge is 0.212 e. The lowest BCUT2D eigenvalue weighted by Crippen LogP contribution is -2.49. The average Bonchev–Trinajstić information content (AvgIpc) is 3.28. The molecule has 0 spiro atoms. The molecule has 1 saturated heterocycles. The minimum absolute atomic E-state index is 0.157. The summed E-state index contributed by atoms with van der Waals surface area (Å²) in [6, 6.07) is 2.13. The van der Waals surface area contributed by atoms with Gasteiger partial charge in [-0.2, -0.15) is 0 Å². The van der Waals surface area contributed by atoms with Crippen molar-refractivity contribution < 1.29 is 8.42 Å². The van der Waals surface area contributed by atoms with Gasteiger partial charge in [-0.3, -0.25) is 4.90 Å². The molecule has 4 rings (SSSR count). The van der Waals surface area contributed by atoms with Crippen molar-refractivity contribution in [2.75, 3.05) is 62.3 Å². The highest BCUT2D eigenvalue weighted by atomic mass is 32.2. The molecule has 1 aromatic heterocycles. The fourth-order valence-electron chi connectivity index (χ4n) is 3.44. The second-order valence-electron chi connectivity index (χ2n) is 6.36. The molecule has 3 aliphatic rings. The Kier molecular flexibility index (Phi) is 4.48. The number of nitrogens with zero attached hydrogens (tertiary/aromatic N) is 3. The number of allylic oxidation sites excluding steroid dienone is 1. The minimum Gasteiger partial charge on any atom is -0.354 e. The molecular weight excluding hydrogens is 358 g/mol. The molecule has 0 aromatic carbocycles. The van der Waals surface area contributed by atoms with Crippen LogP contribution in [0, 0.1) is 0 Å². The fraction of sp³-hybridized carbons (Fsp3) is 0.500. The van der Waals surface area contributed by atoms with Gasteiger partial charge in [-0.05, 0) is 24.6 Å². The molecule has 3 aliphatic heterocycles. The number of nitrogens with one attached hydrogen (secondary N) is 2. The van der Waals surface area contributed by atoms with E-state index in [0.717, 1.165) is 32.7 Å². The summed E-state index contributed by atoms with van der Waals surface area (Å²) in [4.78, 5) is 6.96. The van der Waals surface area contributed by atoms with Gasteiger partial charge in [0.2, 0.25) is 10.0 Å². The molecule has 2 N–H and O–H groups in total. The normalized spacial score (nSPS) is 20.7. The SMILES string of the molecule is CNS(=O)(=O)CCN1CCN(C2=C3C=CCN3c3sccc3N2)CC1. The van der Waals surface area contributed by atoms with Crippen LogP contribution < -0.4 is 14.9 Å². The van der Waals surface area contributed by atoms with Gasteiger partial charge in [-0.15, -0.1) is 11.3 Å². The second kappa shape index (κ2) is 6.64.